The van der Waals surface area contributed by atoms with E-state index in [9.17, 15) is 9.59 Å². The standard InChI is InChI=1S/C16H29N3O3/c1-22-12-16(7-9-17-10-8-16)15(21)18-11-14(20)19-13-5-3-2-4-6-13/h13,17H,2-12H2,1H3,(H,18,21)(H,19,20). The number of rotatable bonds is 6. The van der Waals surface area contributed by atoms with Crippen molar-refractivity contribution in [3.63, 3.8) is 0 Å². The van der Waals surface area contributed by atoms with E-state index < -0.39 is 5.41 Å². The van der Waals surface area contributed by atoms with Gasteiger partial charge >= 0.3 is 0 Å². The third-order valence-electron chi connectivity index (χ3n) is 4.84. The highest BCUT2D eigenvalue weighted by atomic mass is 16.5. The van der Waals surface area contributed by atoms with Gasteiger partial charge in [-0.25, -0.2) is 0 Å². The summed E-state index contributed by atoms with van der Waals surface area (Å²) in [6.45, 7) is 2.09. The summed E-state index contributed by atoms with van der Waals surface area (Å²) in [6.07, 6.45) is 7.23. The van der Waals surface area contributed by atoms with Gasteiger partial charge in [-0.05, 0) is 38.8 Å². The largest absolute Gasteiger partial charge is 0.384 e. The van der Waals surface area contributed by atoms with Crippen LogP contribution >= 0.6 is 0 Å². The van der Waals surface area contributed by atoms with Crippen LogP contribution in [-0.4, -0.2) is 51.2 Å². The molecule has 0 unspecified atom stereocenters. The Kier molecular flexibility index (Phi) is 6.64. The van der Waals surface area contributed by atoms with E-state index in [2.05, 4.69) is 16.0 Å². The van der Waals surface area contributed by atoms with Crippen LogP contribution in [0.25, 0.3) is 0 Å². The van der Waals surface area contributed by atoms with Gasteiger partial charge < -0.3 is 20.7 Å². The van der Waals surface area contributed by atoms with Crippen molar-refractivity contribution in [2.75, 3.05) is 33.4 Å². The molecule has 0 aromatic carbocycles. The molecular weight excluding hydrogens is 282 g/mol. The van der Waals surface area contributed by atoms with E-state index in [4.69, 9.17) is 4.74 Å². The lowest BCUT2D eigenvalue weighted by atomic mass is 9.78. The fourth-order valence-corrected chi connectivity index (χ4v) is 3.49. The number of ether oxygens (including phenoxy) is 1. The minimum atomic E-state index is -0.495. The number of nitrogens with one attached hydrogen (secondary N) is 3. The minimum absolute atomic E-state index is 0.0605. The average molecular weight is 311 g/mol. The number of carbonyl (C=O) groups excluding carboxylic acids is 2. The predicted octanol–water partition coefficient (Wildman–Crippen LogP) is 0.568. The number of hydrogen-bond acceptors (Lipinski definition) is 4. The molecule has 0 aromatic heterocycles. The molecule has 2 rings (SSSR count). The van der Waals surface area contributed by atoms with Crippen LogP contribution in [0.2, 0.25) is 0 Å². The first-order chi connectivity index (χ1) is 10.7. The normalized spacial score (nSPS) is 22.0. The van der Waals surface area contributed by atoms with Gasteiger partial charge in [0.25, 0.3) is 0 Å². The smallest absolute Gasteiger partial charge is 0.239 e. The first kappa shape index (κ1) is 17.2. The Balaban J connectivity index is 1.78. The fourth-order valence-electron chi connectivity index (χ4n) is 3.49. The molecule has 0 bridgehead atoms. The van der Waals surface area contributed by atoms with Crippen LogP contribution in [0.5, 0.6) is 0 Å². The second-order valence-electron chi connectivity index (χ2n) is 6.55. The molecule has 1 saturated heterocycles. The zero-order valence-electron chi connectivity index (χ0n) is 13.6. The van der Waals surface area contributed by atoms with Gasteiger partial charge in [0.05, 0.1) is 18.6 Å². The molecule has 1 aliphatic carbocycles. The van der Waals surface area contributed by atoms with E-state index in [-0.39, 0.29) is 24.4 Å². The Morgan fingerprint density at radius 1 is 1.18 bits per heavy atom. The zero-order chi connectivity index (χ0) is 15.8. The van der Waals surface area contributed by atoms with Crippen LogP contribution in [-0.2, 0) is 14.3 Å². The quantitative estimate of drug-likeness (QED) is 0.670. The highest BCUT2D eigenvalue weighted by molar-refractivity contribution is 5.88. The van der Waals surface area contributed by atoms with Crippen molar-refractivity contribution in [3.8, 4) is 0 Å². The van der Waals surface area contributed by atoms with Gasteiger partial charge in [0.1, 0.15) is 0 Å². The van der Waals surface area contributed by atoms with Crippen molar-refractivity contribution in [1.29, 1.82) is 0 Å². The van der Waals surface area contributed by atoms with Gasteiger partial charge in [0.15, 0.2) is 0 Å². The second kappa shape index (κ2) is 8.48. The lowest BCUT2D eigenvalue weighted by Crippen LogP contribution is -2.52. The Hall–Kier alpha value is -1.14. The Morgan fingerprint density at radius 3 is 2.50 bits per heavy atom. The van der Waals surface area contributed by atoms with Crippen LogP contribution in [0.1, 0.15) is 44.9 Å². The number of carbonyl (C=O) groups is 2. The van der Waals surface area contributed by atoms with Crippen LogP contribution in [0.3, 0.4) is 0 Å². The summed E-state index contributed by atoms with van der Waals surface area (Å²) in [6, 6.07) is 0.282. The van der Waals surface area contributed by atoms with E-state index in [1.54, 1.807) is 7.11 Å². The van der Waals surface area contributed by atoms with Crippen molar-refractivity contribution >= 4 is 11.8 Å². The zero-order valence-corrected chi connectivity index (χ0v) is 13.6. The molecule has 2 fully saturated rings. The molecule has 1 heterocycles. The lowest BCUT2D eigenvalue weighted by molar-refractivity contribution is -0.138. The van der Waals surface area contributed by atoms with Gasteiger partial charge in [0, 0.05) is 13.2 Å². The van der Waals surface area contributed by atoms with Crippen molar-refractivity contribution < 1.29 is 14.3 Å². The van der Waals surface area contributed by atoms with E-state index in [1.807, 2.05) is 0 Å². The van der Waals surface area contributed by atoms with E-state index in [0.717, 1.165) is 38.8 Å². The summed E-state index contributed by atoms with van der Waals surface area (Å²) in [7, 11) is 1.62. The maximum Gasteiger partial charge on any atom is 0.239 e. The Morgan fingerprint density at radius 2 is 1.86 bits per heavy atom. The van der Waals surface area contributed by atoms with Gasteiger partial charge in [-0.2, -0.15) is 0 Å². The summed E-state index contributed by atoms with van der Waals surface area (Å²) >= 11 is 0. The first-order valence-corrected chi connectivity index (χ1v) is 8.44. The summed E-state index contributed by atoms with van der Waals surface area (Å²) in [5.74, 6) is -0.142. The monoisotopic (exact) mass is 311 g/mol. The summed E-state index contributed by atoms with van der Waals surface area (Å²) in [4.78, 5) is 24.5. The summed E-state index contributed by atoms with van der Waals surface area (Å²) in [5.41, 5.74) is -0.495. The summed E-state index contributed by atoms with van der Waals surface area (Å²) in [5, 5.41) is 9.09. The van der Waals surface area contributed by atoms with Crippen molar-refractivity contribution in [2.24, 2.45) is 5.41 Å². The van der Waals surface area contributed by atoms with Gasteiger partial charge in [0.2, 0.25) is 11.8 Å². The number of methoxy groups -OCH3 is 1. The third kappa shape index (κ3) is 4.68. The third-order valence-corrected chi connectivity index (χ3v) is 4.84. The fraction of sp³-hybridized carbons (Fsp3) is 0.875. The molecule has 0 aromatic rings. The van der Waals surface area contributed by atoms with Gasteiger partial charge in [-0.15, -0.1) is 0 Å². The molecule has 3 N–H and O–H groups in total. The molecule has 2 aliphatic rings. The molecule has 2 amide bonds. The van der Waals surface area contributed by atoms with Crippen LogP contribution in [0.4, 0.5) is 0 Å². The van der Waals surface area contributed by atoms with Crippen molar-refractivity contribution in [2.45, 2.75) is 51.0 Å². The minimum Gasteiger partial charge on any atom is -0.384 e. The molecule has 0 atom stereocenters. The highest BCUT2D eigenvalue weighted by Gasteiger charge is 2.39. The molecule has 0 spiro atoms. The number of amides is 2. The van der Waals surface area contributed by atoms with Crippen LogP contribution in [0.15, 0.2) is 0 Å². The lowest BCUT2D eigenvalue weighted by Gasteiger charge is -2.35. The highest BCUT2D eigenvalue weighted by Crippen LogP contribution is 2.29. The molecule has 6 nitrogen and oxygen atoms in total. The SMILES string of the molecule is COCC1(C(=O)NCC(=O)NC2CCCCC2)CCNCC1. The maximum atomic E-state index is 12.5. The van der Waals surface area contributed by atoms with Crippen molar-refractivity contribution in [1.82, 2.24) is 16.0 Å². The summed E-state index contributed by atoms with van der Waals surface area (Å²) < 4.78 is 5.24. The maximum absolute atomic E-state index is 12.5. The van der Waals surface area contributed by atoms with Crippen molar-refractivity contribution in [3.05, 3.63) is 0 Å². The van der Waals surface area contributed by atoms with E-state index >= 15 is 0 Å². The molecule has 22 heavy (non-hydrogen) atoms. The molecule has 0 radical (unpaired) electrons. The van der Waals surface area contributed by atoms with E-state index in [0.29, 0.717) is 6.61 Å². The van der Waals surface area contributed by atoms with Crippen LogP contribution in [0, 0.1) is 5.41 Å². The molecular formula is C16H29N3O3. The molecule has 6 heteroatoms. The first-order valence-electron chi connectivity index (χ1n) is 8.44. The molecule has 126 valence electrons. The number of hydrogen-bond donors (Lipinski definition) is 3. The Labute approximate surface area is 132 Å². The second-order valence-corrected chi connectivity index (χ2v) is 6.55. The average Bonchev–Trinajstić information content (AvgIpc) is 2.54. The topological polar surface area (TPSA) is 79.5 Å². The predicted molar refractivity (Wildman–Crippen MR) is 84.4 cm³/mol. The van der Waals surface area contributed by atoms with Crippen LogP contribution < -0.4 is 16.0 Å². The molecule has 1 saturated carbocycles. The Bertz CT molecular complexity index is 369. The number of piperidine rings is 1. The van der Waals surface area contributed by atoms with E-state index in [1.165, 1.54) is 19.3 Å². The molecule has 1 aliphatic heterocycles. The van der Waals surface area contributed by atoms with Gasteiger partial charge in [-0.3, -0.25) is 9.59 Å². The van der Waals surface area contributed by atoms with Gasteiger partial charge in [-0.1, -0.05) is 19.3 Å².